The van der Waals surface area contributed by atoms with Gasteiger partial charge in [-0.05, 0) is 51.1 Å². The standard InChI is InChI=1S/C30H31NO9/c1-16(37-17(2)32)27(34)40-24(18-7-5-4-6-8-18)28(35)38-21-11-12-30(36)22-15-19-9-10-20(33)25-23(19)29(30,26(21)39-25)13-14-31(22)3/h4-11,16,22,24,26,33,36H,12-15H2,1-3H3/t16?,22-,24-,26-,29-,30+/m0/s1. The molecule has 2 N–H and O–H groups in total. The molecule has 1 spiro atoms. The van der Waals surface area contributed by atoms with Crippen LogP contribution in [0.4, 0.5) is 0 Å². The van der Waals surface area contributed by atoms with Crippen LogP contribution in [0.25, 0.3) is 0 Å². The summed E-state index contributed by atoms with van der Waals surface area (Å²) >= 11 is 0. The van der Waals surface area contributed by atoms with Crippen LogP contribution in [0.1, 0.15) is 49.5 Å². The Labute approximate surface area is 231 Å². The van der Waals surface area contributed by atoms with Gasteiger partial charge < -0.3 is 34.1 Å². The monoisotopic (exact) mass is 549 g/mol. The minimum atomic E-state index is -1.45. The summed E-state index contributed by atoms with van der Waals surface area (Å²) in [5, 5.41) is 23.0. The lowest BCUT2D eigenvalue weighted by Gasteiger charge is -2.61. The predicted molar refractivity (Wildman–Crippen MR) is 139 cm³/mol. The zero-order valence-electron chi connectivity index (χ0n) is 22.5. The fourth-order valence-corrected chi connectivity index (χ4v) is 7.00. The quantitative estimate of drug-likeness (QED) is 0.409. The predicted octanol–water partition coefficient (Wildman–Crippen LogP) is 2.45. The molecule has 1 unspecified atom stereocenters. The SMILES string of the molecule is CC(=O)OC(C)C(=O)O[C@H](C(=O)OC1=CC[C@@]2(O)[C@@H]3Cc4ccc(O)c5c4[C@@]2(CCN3C)[C@H]1O5)c1ccccc1. The molecule has 6 atom stereocenters. The third kappa shape index (κ3) is 3.73. The first-order valence-corrected chi connectivity index (χ1v) is 13.4. The first kappa shape index (κ1) is 26.3. The van der Waals surface area contributed by atoms with Gasteiger partial charge in [0.25, 0.3) is 0 Å². The Morgan fingerprint density at radius 3 is 2.58 bits per heavy atom. The number of phenolic OH excluding ortho intramolecular Hbond substituents is 1. The molecule has 1 saturated heterocycles. The van der Waals surface area contributed by atoms with Gasteiger partial charge in [-0.3, -0.25) is 4.79 Å². The van der Waals surface area contributed by atoms with Crippen molar-refractivity contribution in [2.45, 2.75) is 68.5 Å². The van der Waals surface area contributed by atoms with Crippen molar-refractivity contribution in [1.82, 2.24) is 4.90 Å². The Bertz CT molecular complexity index is 1420. The number of phenols is 1. The van der Waals surface area contributed by atoms with E-state index in [0.717, 1.165) is 11.1 Å². The molecule has 2 aromatic rings. The van der Waals surface area contributed by atoms with Gasteiger partial charge in [0, 0.05) is 30.5 Å². The maximum Gasteiger partial charge on any atom is 0.357 e. The largest absolute Gasteiger partial charge is 0.504 e. The van der Waals surface area contributed by atoms with Gasteiger partial charge in [0.05, 0.1) is 11.0 Å². The molecule has 0 aromatic heterocycles. The molecule has 10 nitrogen and oxygen atoms in total. The fourth-order valence-electron chi connectivity index (χ4n) is 7.00. The first-order valence-electron chi connectivity index (χ1n) is 13.4. The number of nitrogens with zero attached hydrogens (tertiary/aromatic N) is 1. The van der Waals surface area contributed by atoms with E-state index in [0.29, 0.717) is 30.7 Å². The molecule has 2 heterocycles. The van der Waals surface area contributed by atoms with Crippen molar-refractivity contribution in [1.29, 1.82) is 0 Å². The maximum absolute atomic E-state index is 13.7. The van der Waals surface area contributed by atoms with E-state index in [9.17, 15) is 24.6 Å². The Morgan fingerprint density at radius 2 is 1.85 bits per heavy atom. The highest BCUT2D eigenvalue weighted by Gasteiger charge is 2.72. The van der Waals surface area contributed by atoms with E-state index < -0.39 is 47.2 Å². The van der Waals surface area contributed by atoms with Gasteiger partial charge in [-0.25, -0.2) is 9.59 Å². The number of aliphatic hydroxyl groups is 1. The van der Waals surface area contributed by atoms with Crippen LogP contribution in [-0.4, -0.2) is 70.5 Å². The Hall–Kier alpha value is -3.89. The van der Waals surface area contributed by atoms with E-state index in [1.165, 1.54) is 13.8 Å². The number of hydrogen-bond acceptors (Lipinski definition) is 10. The highest BCUT2D eigenvalue weighted by atomic mass is 16.6. The Kier molecular flexibility index (Phi) is 6.15. The van der Waals surface area contributed by atoms with Crippen LogP contribution in [0.5, 0.6) is 11.5 Å². The van der Waals surface area contributed by atoms with E-state index in [1.807, 2.05) is 13.1 Å². The lowest BCUT2D eigenvalue weighted by molar-refractivity contribution is -0.181. The summed E-state index contributed by atoms with van der Waals surface area (Å²) in [5.74, 6) is -1.99. The van der Waals surface area contributed by atoms with Crippen molar-refractivity contribution >= 4 is 17.9 Å². The number of rotatable bonds is 6. The Balaban J connectivity index is 1.35. The molecular formula is C30H31NO9. The van der Waals surface area contributed by atoms with Crippen molar-refractivity contribution in [2.24, 2.45) is 0 Å². The van der Waals surface area contributed by atoms with Crippen molar-refractivity contribution in [3.05, 3.63) is 71.0 Å². The van der Waals surface area contributed by atoms with Crippen LogP contribution in [-0.2, 0) is 40.4 Å². The van der Waals surface area contributed by atoms with Crippen molar-refractivity contribution in [2.75, 3.05) is 13.6 Å². The third-order valence-corrected chi connectivity index (χ3v) is 8.80. The number of esters is 3. The molecule has 2 bridgehead atoms. The third-order valence-electron chi connectivity index (χ3n) is 8.80. The van der Waals surface area contributed by atoms with E-state index >= 15 is 0 Å². The minimum Gasteiger partial charge on any atom is -0.504 e. The molecule has 0 amide bonds. The van der Waals surface area contributed by atoms with Gasteiger partial charge in [-0.1, -0.05) is 36.4 Å². The molecule has 40 heavy (non-hydrogen) atoms. The minimum absolute atomic E-state index is 0.0384. The van der Waals surface area contributed by atoms with E-state index in [4.69, 9.17) is 18.9 Å². The summed E-state index contributed by atoms with van der Waals surface area (Å²) < 4.78 is 22.7. The average Bonchev–Trinajstić information content (AvgIpc) is 3.28. The molecule has 0 saturated carbocycles. The highest BCUT2D eigenvalue weighted by molar-refractivity contribution is 5.84. The summed E-state index contributed by atoms with van der Waals surface area (Å²) in [4.78, 5) is 39.9. The van der Waals surface area contributed by atoms with E-state index in [2.05, 4.69) is 4.90 Å². The molecule has 2 aromatic carbocycles. The molecule has 2 aliphatic carbocycles. The number of likely N-dealkylation sites (tertiary alicyclic amines) is 1. The topological polar surface area (TPSA) is 132 Å². The van der Waals surface area contributed by atoms with Crippen molar-refractivity contribution < 1.29 is 43.5 Å². The molecular weight excluding hydrogens is 518 g/mol. The lowest BCUT2D eigenvalue weighted by Crippen LogP contribution is -2.74. The summed E-state index contributed by atoms with van der Waals surface area (Å²) in [5.41, 5.74) is -0.0162. The van der Waals surface area contributed by atoms with Crippen LogP contribution in [0.2, 0.25) is 0 Å². The first-order chi connectivity index (χ1) is 19.1. The van der Waals surface area contributed by atoms with Gasteiger partial charge in [-0.2, -0.15) is 0 Å². The lowest BCUT2D eigenvalue weighted by atomic mass is 9.50. The Morgan fingerprint density at radius 1 is 1.10 bits per heavy atom. The molecule has 10 heteroatoms. The van der Waals surface area contributed by atoms with Crippen LogP contribution in [0.15, 0.2) is 54.3 Å². The number of carbonyl (C=O) groups excluding carboxylic acids is 3. The number of hydrogen-bond donors (Lipinski definition) is 2. The molecule has 0 radical (unpaired) electrons. The van der Waals surface area contributed by atoms with Crippen molar-refractivity contribution in [3.8, 4) is 11.5 Å². The molecule has 4 aliphatic rings. The number of likely N-dealkylation sites (N-methyl/N-ethyl adjacent to an activating group) is 1. The molecule has 6 rings (SSSR count). The summed E-state index contributed by atoms with van der Waals surface area (Å²) in [7, 11) is 1.99. The van der Waals surface area contributed by atoms with Crippen LogP contribution < -0.4 is 4.74 Å². The second kappa shape index (κ2) is 9.35. The van der Waals surface area contributed by atoms with Gasteiger partial charge in [0.15, 0.2) is 23.7 Å². The molecule has 1 fully saturated rings. The van der Waals surface area contributed by atoms with Gasteiger partial charge in [0.1, 0.15) is 5.76 Å². The second-order valence-corrected chi connectivity index (χ2v) is 11.0. The normalized spacial score (nSPS) is 29.2. The highest BCUT2D eigenvalue weighted by Crippen LogP contribution is 2.65. The number of ether oxygens (including phenoxy) is 4. The summed E-state index contributed by atoms with van der Waals surface area (Å²) in [6, 6.07) is 11.7. The van der Waals surface area contributed by atoms with Crippen LogP contribution in [0.3, 0.4) is 0 Å². The zero-order chi connectivity index (χ0) is 28.4. The van der Waals surface area contributed by atoms with E-state index in [1.54, 1.807) is 42.5 Å². The molecule has 2 aliphatic heterocycles. The maximum atomic E-state index is 13.7. The van der Waals surface area contributed by atoms with E-state index in [-0.39, 0.29) is 24.0 Å². The number of piperidine rings is 1. The van der Waals surface area contributed by atoms with Gasteiger partial charge >= 0.3 is 17.9 Å². The second-order valence-electron chi connectivity index (χ2n) is 11.0. The smallest absolute Gasteiger partial charge is 0.357 e. The van der Waals surface area contributed by atoms with Crippen molar-refractivity contribution in [3.63, 3.8) is 0 Å². The van der Waals surface area contributed by atoms with Crippen LogP contribution >= 0.6 is 0 Å². The summed E-state index contributed by atoms with van der Waals surface area (Å²) in [6.07, 6.45) is -0.563. The number of aromatic hydroxyl groups is 1. The number of carbonyl (C=O) groups is 3. The van der Waals surface area contributed by atoms with Gasteiger partial charge in [0.2, 0.25) is 6.10 Å². The summed E-state index contributed by atoms with van der Waals surface area (Å²) in [6.45, 7) is 3.21. The zero-order valence-corrected chi connectivity index (χ0v) is 22.5. The average molecular weight is 550 g/mol. The fraction of sp³-hybridized carbons (Fsp3) is 0.433. The van der Waals surface area contributed by atoms with Gasteiger partial charge in [-0.15, -0.1) is 0 Å². The number of benzene rings is 2. The molecule has 210 valence electrons. The van der Waals surface area contributed by atoms with Crippen LogP contribution in [0, 0.1) is 0 Å².